The maximum Gasteiger partial charge on any atom is 0.252 e. The SMILES string of the molecule is Cn1cc(C(=O)NCC2(c3ccccc3)CC2)ccc1=O. The molecule has 0 radical (unpaired) electrons. The molecule has 1 aliphatic carbocycles. The Kier molecular flexibility index (Phi) is 3.37. The second kappa shape index (κ2) is 5.20. The molecule has 0 saturated heterocycles. The van der Waals surface area contributed by atoms with Crippen LogP contribution in [0.4, 0.5) is 0 Å². The number of hydrogen-bond acceptors (Lipinski definition) is 2. The number of rotatable bonds is 4. The van der Waals surface area contributed by atoms with Crippen LogP contribution in [-0.4, -0.2) is 17.0 Å². The van der Waals surface area contributed by atoms with Crippen molar-refractivity contribution in [1.29, 1.82) is 0 Å². The van der Waals surface area contributed by atoms with E-state index in [0.717, 1.165) is 12.8 Å². The van der Waals surface area contributed by atoms with Gasteiger partial charge in [-0.2, -0.15) is 0 Å². The summed E-state index contributed by atoms with van der Waals surface area (Å²) in [6.45, 7) is 0.638. The van der Waals surface area contributed by atoms with Crippen molar-refractivity contribution in [1.82, 2.24) is 9.88 Å². The summed E-state index contributed by atoms with van der Waals surface area (Å²) in [4.78, 5) is 23.5. The van der Waals surface area contributed by atoms with Crippen LogP contribution in [0, 0.1) is 0 Å². The summed E-state index contributed by atoms with van der Waals surface area (Å²) >= 11 is 0. The summed E-state index contributed by atoms with van der Waals surface area (Å²) in [6, 6.07) is 13.3. The minimum atomic E-state index is -0.132. The van der Waals surface area contributed by atoms with Gasteiger partial charge >= 0.3 is 0 Å². The molecule has 1 saturated carbocycles. The number of aryl methyl sites for hydroxylation is 1. The molecule has 21 heavy (non-hydrogen) atoms. The molecule has 2 aromatic rings. The smallest absolute Gasteiger partial charge is 0.252 e. The maximum absolute atomic E-state index is 12.2. The first-order valence-electron chi connectivity index (χ1n) is 7.11. The van der Waals surface area contributed by atoms with E-state index in [4.69, 9.17) is 0 Å². The molecule has 1 N–H and O–H groups in total. The first-order valence-corrected chi connectivity index (χ1v) is 7.11. The normalized spacial score (nSPS) is 15.5. The van der Waals surface area contributed by atoms with E-state index in [-0.39, 0.29) is 16.9 Å². The molecule has 0 bridgehead atoms. The van der Waals surface area contributed by atoms with Gasteiger partial charge in [-0.25, -0.2) is 0 Å². The number of benzene rings is 1. The lowest BCUT2D eigenvalue weighted by atomic mass is 9.96. The molecule has 1 aliphatic rings. The fourth-order valence-electron chi connectivity index (χ4n) is 2.59. The number of nitrogens with zero attached hydrogens (tertiary/aromatic N) is 1. The Labute approximate surface area is 123 Å². The summed E-state index contributed by atoms with van der Waals surface area (Å²) in [5, 5.41) is 2.99. The largest absolute Gasteiger partial charge is 0.351 e. The molecule has 1 fully saturated rings. The van der Waals surface area contributed by atoms with Crippen LogP contribution in [0.15, 0.2) is 53.5 Å². The summed E-state index contributed by atoms with van der Waals surface area (Å²) < 4.78 is 1.42. The van der Waals surface area contributed by atoms with Gasteiger partial charge in [0.2, 0.25) is 5.56 Å². The monoisotopic (exact) mass is 282 g/mol. The van der Waals surface area contributed by atoms with Crippen LogP contribution in [0.2, 0.25) is 0 Å². The molecular weight excluding hydrogens is 264 g/mol. The molecule has 1 heterocycles. The summed E-state index contributed by atoms with van der Waals surface area (Å²) in [5.41, 5.74) is 1.78. The van der Waals surface area contributed by atoms with Gasteiger partial charge in [-0.1, -0.05) is 30.3 Å². The third-order valence-corrected chi connectivity index (χ3v) is 4.18. The number of nitrogens with one attached hydrogen (secondary N) is 1. The molecular formula is C17H18N2O2. The second-order valence-electron chi connectivity index (χ2n) is 5.70. The zero-order valence-electron chi connectivity index (χ0n) is 12.0. The van der Waals surface area contributed by atoms with E-state index in [1.807, 2.05) is 18.2 Å². The second-order valence-corrected chi connectivity index (χ2v) is 5.70. The maximum atomic E-state index is 12.2. The van der Waals surface area contributed by atoms with Crippen LogP contribution in [0.3, 0.4) is 0 Å². The van der Waals surface area contributed by atoms with Crippen molar-refractivity contribution in [2.24, 2.45) is 7.05 Å². The Morgan fingerprint density at radius 1 is 1.19 bits per heavy atom. The number of carbonyl (C=O) groups is 1. The fraction of sp³-hybridized carbons (Fsp3) is 0.294. The summed E-state index contributed by atoms with van der Waals surface area (Å²) in [6.07, 6.45) is 3.77. The molecule has 1 aromatic heterocycles. The van der Waals surface area contributed by atoms with Gasteiger partial charge in [-0.05, 0) is 24.5 Å². The van der Waals surface area contributed by atoms with Gasteiger partial charge in [-0.3, -0.25) is 9.59 Å². The molecule has 3 rings (SSSR count). The van der Waals surface area contributed by atoms with E-state index in [2.05, 4.69) is 17.4 Å². The highest BCUT2D eigenvalue weighted by molar-refractivity contribution is 5.93. The van der Waals surface area contributed by atoms with E-state index in [1.54, 1.807) is 19.3 Å². The first-order chi connectivity index (χ1) is 10.1. The molecule has 4 heteroatoms. The number of hydrogen-bond donors (Lipinski definition) is 1. The van der Waals surface area contributed by atoms with Crippen molar-refractivity contribution in [3.8, 4) is 0 Å². The predicted octanol–water partition coefficient (Wildman–Crippen LogP) is 1.85. The van der Waals surface area contributed by atoms with E-state index in [9.17, 15) is 9.59 Å². The molecule has 1 amide bonds. The van der Waals surface area contributed by atoms with Crippen molar-refractivity contribution in [2.75, 3.05) is 6.54 Å². The molecule has 4 nitrogen and oxygen atoms in total. The zero-order valence-corrected chi connectivity index (χ0v) is 12.0. The highest BCUT2D eigenvalue weighted by atomic mass is 16.2. The van der Waals surface area contributed by atoms with Gasteiger partial charge in [0.15, 0.2) is 0 Å². The molecule has 0 atom stereocenters. The third kappa shape index (κ3) is 2.75. The van der Waals surface area contributed by atoms with Crippen molar-refractivity contribution in [3.05, 3.63) is 70.1 Å². The lowest BCUT2D eigenvalue weighted by Crippen LogP contribution is -2.33. The van der Waals surface area contributed by atoms with Crippen LogP contribution < -0.4 is 10.9 Å². The molecule has 0 spiro atoms. The van der Waals surface area contributed by atoms with Crippen LogP contribution >= 0.6 is 0 Å². The number of amides is 1. The van der Waals surface area contributed by atoms with Crippen LogP contribution in [0.5, 0.6) is 0 Å². The highest BCUT2D eigenvalue weighted by Gasteiger charge is 2.44. The van der Waals surface area contributed by atoms with Gasteiger partial charge in [-0.15, -0.1) is 0 Å². The van der Waals surface area contributed by atoms with Gasteiger partial charge in [0.25, 0.3) is 5.91 Å². The lowest BCUT2D eigenvalue weighted by molar-refractivity contribution is 0.0949. The Morgan fingerprint density at radius 2 is 1.90 bits per heavy atom. The number of pyridine rings is 1. The van der Waals surface area contributed by atoms with Gasteiger partial charge in [0.1, 0.15) is 0 Å². The zero-order chi connectivity index (χ0) is 14.9. The average Bonchev–Trinajstić information content (AvgIpc) is 3.30. The minimum Gasteiger partial charge on any atom is -0.351 e. The molecule has 108 valence electrons. The number of aromatic nitrogens is 1. The Bertz CT molecular complexity index is 715. The van der Waals surface area contributed by atoms with Crippen molar-refractivity contribution in [3.63, 3.8) is 0 Å². The van der Waals surface area contributed by atoms with Crippen LogP contribution in [-0.2, 0) is 12.5 Å². The van der Waals surface area contributed by atoms with E-state index in [1.165, 1.54) is 16.2 Å². The summed E-state index contributed by atoms with van der Waals surface area (Å²) in [7, 11) is 1.64. The molecule has 0 aliphatic heterocycles. The average molecular weight is 282 g/mol. The van der Waals surface area contributed by atoms with Gasteiger partial charge in [0, 0.05) is 31.3 Å². The van der Waals surface area contributed by atoms with Crippen molar-refractivity contribution in [2.45, 2.75) is 18.3 Å². The van der Waals surface area contributed by atoms with Crippen LogP contribution in [0.25, 0.3) is 0 Å². The quantitative estimate of drug-likeness (QED) is 0.930. The lowest BCUT2D eigenvalue weighted by Gasteiger charge is -2.16. The highest BCUT2D eigenvalue weighted by Crippen LogP contribution is 2.47. The van der Waals surface area contributed by atoms with E-state index < -0.39 is 0 Å². The predicted molar refractivity (Wildman–Crippen MR) is 81.4 cm³/mol. The van der Waals surface area contributed by atoms with E-state index in [0.29, 0.717) is 12.1 Å². The Balaban J connectivity index is 1.69. The van der Waals surface area contributed by atoms with E-state index >= 15 is 0 Å². The van der Waals surface area contributed by atoms with Gasteiger partial charge in [0.05, 0.1) is 5.56 Å². The fourth-order valence-corrected chi connectivity index (χ4v) is 2.59. The van der Waals surface area contributed by atoms with Gasteiger partial charge < -0.3 is 9.88 Å². The minimum absolute atomic E-state index is 0.0948. The third-order valence-electron chi connectivity index (χ3n) is 4.18. The molecule has 1 aromatic carbocycles. The summed E-state index contributed by atoms with van der Waals surface area (Å²) in [5.74, 6) is -0.132. The Hall–Kier alpha value is -2.36. The first kappa shape index (κ1) is 13.6. The topological polar surface area (TPSA) is 51.1 Å². The number of carbonyl (C=O) groups excluding carboxylic acids is 1. The standard InChI is InChI=1S/C17H18N2O2/c1-19-11-13(7-8-15(19)20)16(21)18-12-17(9-10-17)14-5-3-2-4-6-14/h2-8,11H,9-10,12H2,1H3,(H,18,21). The van der Waals surface area contributed by atoms with Crippen molar-refractivity contribution >= 4 is 5.91 Å². The van der Waals surface area contributed by atoms with Crippen LogP contribution in [0.1, 0.15) is 28.8 Å². The van der Waals surface area contributed by atoms with Crippen molar-refractivity contribution < 1.29 is 4.79 Å². The molecule has 0 unspecified atom stereocenters. The Morgan fingerprint density at radius 3 is 2.52 bits per heavy atom.